The fourth-order valence-corrected chi connectivity index (χ4v) is 2.88. The van der Waals surface area contributed by atoms with E-state index in [-0.39, 0.29) is 5.91 Å². The van der Waals surface area contributed by atoms with Crippen molar-refractivity contribution in [2.75, 3.05) is 5.73 Å². The van der Waals surface area contributed by atoms with Gasteiger partial charge < -0.3 is 11.1 Å². The number of carbonyl (C=O) groups excluding carboxylic acids is 1. The molecular weight excluding hydrogens is 284 g/mol. The van der Waals surface area contributed by atoms with E-state index in [0.717, 1.165) is 20.7 Å². The van der Waals surface area contributed by atoms with Crippen LogP contribution in [0.2, 0.25) is 0 Å². The predicted molar refractivity (Wildman–Crippen MR) is 84.2 cm³/mol. The summed E-state index contributed by atoms with van der Waals surface area (Å²) in [6.45, 7) is 2.40. The van der Waals surface area contributed by atoms with Crippen molar-refractivity contribution in [3.05, 3.63) is 52.1 Å². The summed E-state index contributed by atoms with van der Waals surface area (Å²) in [5, 5.41) is 5.47. The lowest BCUT2D eigenvalue weighted by Crippen LogP contribution is -2.23. The summed E-state index contributed by atoms with van der Waals surface area (Å²) in [5.41, 5.74) is 6.37. The number of anilines is 1. The van der Waals surface area contributed by atoms with Crippen molar-refractivity contribution in [1.29, 1.82) is 0 Å². The van der Waals surface area contributed by atoms with E-state index < -0.39 is 0 Å². The molecule has 21 heavy (non-hydrogen) atoms. The average Bonchev–Trinajstić information content (AvgIpc) is 2.91. The van der Waals surface area contributed by atoms with Crippen LogP contribution in [0.3, 0.4) is 0 Å². The molecule has 0 aliphatic heterocycles. The van der Waals surface area contributed by atoms with Gasteiger partial charge in [0.2, 0.25) is 0 Å². The summed E-state index contributed by atoms with van der Waals surface area (Å²) in [6.07, 6.45) is 3.30. The van der Waals surface area contributed by atoms with Crippen molar-refractivity contribution in [1.82, 2.24) is 15.3 Å². The monoisotopic (exact) mass is 298 g/mol. The molecule has 0 unspecified atom stereocenters. The Bertz CT molecular complexity index is 812. The molecule has 0 saturated heterocycles. The maximum atomic E-state index is 12.3. The first-order chi connectivity index (χ1) is 10.1. The van der Waals surface area contributed by atoms with Crippen LogP contribution in [-0.4, -0.2) is 15.9 Å². The molecule has 0 aliphatic carbocycles. The summed E-state index contributed by atoms with van der Waals surface area (Å²) in [6, 6.07) is 7.49. The number of benzene rings is 1. The van der Waals surface area contributed by atoms with Gasteiger partial charge in [0, 0.05) is 22.7 Å². The maximum absolute atomic E-state index is 12.3. The molecule has 1 aromatic carbocycles. The number of rotatable bonds is 3. The van der Waals surface area contributed by atoms with Crippen LogP contribution in [0, 0.1) is 6.92 Å². The van der Waals surface area contributed by atoms with Crippen LogP contribution in [0.5, 0.6) is 0 Å². The van der Waals surface area contributed by atoms with Gasteiger partial charge in [0.1, 0.15) is 5.82 Å². The number of thiazole rings is 1. The van der Waals surface area contributed by atoms with Crippen LogP contribution in [0.4, 0.5) is 5.82 Å². The SMILES string of the molecule is Cc1ncc(CNC(=O)c2cnc(N)c3ccccc23)s1. The smallest absolute Gasteiger partial charge is 0.253 e. The fourth-order valence-electron chi connectivity index (χ4n) is 2.15. The second-order valence-corrected chi connectivity index (χ2v) is 5.95. The molecule has 0 saturated carbocycles. The first-order valence-electron chi connectivity index (χ1n) is 6.48. The molecule has 106 valence electrons. The summed E-state index contributed by atoms with van der Waals surface area (Å²) < 4.78 is 0. The molecule has 3 N–H and O–H groups in total. The van der Waals surface area contributed by atoms with Gasteiger partial charge in [-0.3, -0.25) is 4.79 Å². The number of nitrogens with two attached hydrogens (primary N) is 1. The zero-order chi connectivity index (χ0) is 14.8. The van der Waals surface area contributed by atoms with Gasteiger partial charge in [0.15, 0.2) is 0 Å². The number of pyridine rings is 1. The van der Waals surface area contributed by atoms with Crippen LogP contribution in [0.25, 0.3) is 10.8 Å². The van der Waals surface area contributed by atoms with E-state index in [9.17, 15) is 4.79 Å². The van der Waals surface area contributed by atoms with Crippen LogP contribution in [-0.2, 0) is 6.54 Å². The van der Waals surface area contributed by atoms with E-state index in [4.69, 9.17) is 5.73 Å². The number of fused-ring (bicyclic) bond motifs is 1. The zero-order valence-electron chi connectivity index (χ0n) is 11.5. The number of nitrogens with zero attached hydrogens (tertiary/aromatic N) is 2. The van der Waals surface area contributed by atoms with Crippen molar-refractivity contribution in [3.8, 4) is 0 Å². The van der Waals surface area contributed by atoms with E-state index in [1.807, 2.05) is 31.2 Å². The molecular formula is C15H14N4OS. The van der Waals surface area contributed by atoms with Gasteiger partial charge in [-0.25, -0.2) is 9.97 Å². The second-order valence-electron chi connectivity index (χ2n) is 4.63. The van der Waals surface area contributed by atoms with E-state index in [1.54, 1.807) is 17.5 Å². The third kappa shape index (κ3) is 2.71. The predicted octanol–water partition coefficient (Wildman–Crippen LogP) is 2.51. The minimum atomic E-state index is -0.162. The fraction of sp³-hybridized carbons (Fsp3) is 0.133. The van der Waals surface area contributed by atoms with Crippen molar-refractivity contribution < 1.29 is 4.79 Å². The zero-order valence-corrected chi connectivity index (χ0v) is 12.3. The molecule has 0 bridgehead atoms. The number of nitrogens with one attached hydrogen (secondary N) is 1. The first-order valence-corrected chi connectivity index (χ1v) is 7.29. The van der Waals surface area contributed by atoms with Gasteiger partial charge in [0.25, 0.3) is 5.91 Å². The summed E-state index contributed by atoms with van der Waals surface area (Å²) >= 11 is 1.57. The molecule has 2 aromatic heterocycles. The second kappa shape index (κ2) is 5.49. The standard InChI is InChI=1S/C15H14N4OS/c1-9-17-6-10(21-9)7-19-15(20)13-8-18-14(16)12-5-3-2-4-11(12)13/h2-6,8H,7H2,1H3,(H2,16,18)(H,19,20). The first kappa shape index (κ1) is 13.5. The van der Waals surface area contributed by atoms with Gasteiger partial charge in [-0.1, -0.05) is 24.3 Å². The lowest BCUT2D eigenvalue weighted by Gasteiger charge is -2.08. The highest BCUT2D eigenvalue weighted by Gasteiger charge is 2.12. The molecule has 0 atom stereocenters. The molecule has 1 amide bonds. The van der Waals surface area contributed by atoms with Crippen LogP contribution in [0.1, 0.15) is 20.2 Å². The highest BCUT2D eigenvalue weighted by molar-refractivity contribution is 7.11. The Kier molecular flexibility index (Phi) is 3.53. The Labute approximate surface area is 125 Å². The number of aromatic nitrogens is 2. The van der Waals surface area contributed by atoms with E-state index >= 15 is 0 Å². The molecule has 0 fully saturated rings. The third-order valence-corrected chi connectivity index (χ3v) is 4.08. The normalized spacial score (nSPS) is 10.7. The molecule has 0 spiro atoms. The molecule has 2 heterocycles. The topological polar surface area (TPSA) is 80.9 Å². The van der Waals surface area contributed by atoms with E-state index in [1.165, 1.54) is 6.20 Å². The number of amides is 1. The molecule has 3 aromatic rings. The Morgan fingerprint density at radius 3 is 2.71 bits per heavy atom. The molecule has 3 rings (SSSR count). The van der Waals surface area contributed by atoms with Gasteiger partial charge in [0.05, 0.1) is 17.1 Å². The molecule has 0 radical (unpaired) electrons. The van der Waals surface area contributed by atoms with Crippen molar-refractivity contribution in [2.45, 2.75) is 13.5 Å². The number of hydrogen-bond donors (Lipinski definition) is 2. The van der Waals surface area contributed by atoms with Crippen LogP contribution >= 0.6 is 11.3 Å². The number of nitrogen functional groups attached to an aromatic ring is 1. The highest BCUT2D eigenvalue weighted by Crippen LogP contribution is 2.22. The maximum Gasteiger partial charge on any atom is 0.253 e. The lowest BCUT2D eigenvalue weighted by molar-refractivity contribution is 0.0952. The molecule has 6 heteroatoms. The largest absolute Gasteiger partial charge is 0.383 e. The van der Waals surface area contributed by atoms with Crippen LogP contribution in [0.15, 0.2) is 36.7 Å². The molecule has 0 aliphatic rings. The number of hydrogen-bond acceptors (Lipinski definition) is 5. The van der Waals surface area contributed by atoms with Gasteiger partial charge >= 0.3 is 0 Å². The van der Waals surface area contributed by atoms with Gasteiger partial charge in [-0.15, -0.1) is 11.3 Å². The number of carbonyl (C=O) groups is 1. The van der Waals surface area contributed by atoms with Gasteiger partial charge in [-0.2, -0.15) is 0 Å². The lowest BCUT2D eigenvalue weighted by atomic mass is 10.1. The van der Waals surface area contributed by atoms with Crippen LogP contribution < -0.4 is 11.1 Å². The Balaban J connectivity index is 1.86. The number of aryl methyl sites for hydroxylation is 1. The highest BCUT2D eigenvalue weighted by atomic mass is 32.1. The van der Waals surface area contributed by atoms with E-state index in [0.29, 0.717) is 17.9 Å². The average molecular weight is 298 g/mol. The minimum absolute atomic E-state index is 0.162. The third-order valence-electron chi connectivity index (χ3n) is 3.16. The summed E-state index contributed by atoms with van der Waals surface area (Å²) in [4.78, 5) is 21.6. The Morgan fingerprint density at radius 1 is 1.24 bits per heavy atom. The van der Waals surface area contributed by atoms with Crippen molar-refractivity contribution in [3.63, 3.8) is 0 Å². The quantitative estimate of drug-likeness (QED) is 0.778. The summed E-state index contributed by atoms with van der Waals surface area (Å²) in [7, 11) is 0. The van der Waals surface area contributed by atoms with Gasteiger partial charge in [-0.05, 0) is 12.3 Å². The Morgan fingerprint density at radius 2 is 2.00 bits per heavy atom. The Hall–Kier alpha value is -2.47. The minimum Gasteiger partial charge on any atom is -0.383 e. The summed E-state index contributed by atoms with van der Waals surface area (Å²) in [5.74, 6) is 0.269. The van der Waals surface area contributed by atoms with Crippen molar-refractivity contribution >= 4 is 33.8 Å². The van der Waals surface area contributed by atoms with Crippen molar-refractivity contribution in [2.24, 2.45) is 0 Å². The molecule has 5 nitrogen and oxygen atoms in total. The van der Waals surface area contributed by atoms with E-state index in [2.05, 4.69) is 15.3 Å².